The summed E-state index contributed by atoms with van der Waals surface area (Å²) in [6, 6.07) is 0. The van der Waals surface area contributed by atoms with E-state index in [1.807, 2.05) is 0 Å². The van der Waals surface area contributed by atoms with Crippen molar-refractivity contribution in [2.24, 2.45) is 5.73 Å². The topological polar surface area (TPSA) is 111 Å². The van der Waals surface area contributed by atoms with Gasteiger partial charge in [0.05, 0.1) is 6.61 Å². The zero-order valence-electron chi connectivity index (χ0n) is 16.8. The van der Waals surface area contributed by atoms with Gasteiger partial charge in [0.15, 0.2) is 6.29 Å². The maximum absolute atomic E-state index is 11.0. The second kappa shape index (κ2) is 19.1. The van der Waals surface area contributed by atoms with Gasteiger partial charge in [-0.2, -0.15) is 0 Å². The molecular formula is C17H36NNaO6S. The largest absolute Gasteiger partial charge is 1.00 e. The average Bonchev–Trinajstić information content (AvgIpc) is 2.54. The van der Waals surface area contributed by atoms with Crippen LogP contribution in [-0.4, -0.2) is 45.1 Å². The average molecular weight is 406 g/mol. The standard InChI is InChI=1S/C17H37NO6S.Na/c1-3-5-6-7-8-9-10-11-13-16(24-25(19,20)21)17(22-4-2)23-15-12-14-18;/h16-17H,3-15,18H2,1-2H3,(H,19,20,21);/q;+1/p-1. The second-order valence-corrected chi connectivity index (χ2v) is 7.15. The van der Waals surface area contributed by atoms with Gasteiger partial charge in [-0.05, 0) is 26.3 Å². The Morgan fingerprint density at radius 3 is 2.00 bits per heavy atom. The first-order chi connectivity index (χ1) is 11.9. The van der Waals surface area contributed by atoms with Crippen LogP contribution < -0.4 is 35.3 Å². The van der Waals surface area contributed by atoms with Crippen LogP contribution in [0.4, 0.5) is 0 Å². The number of unbranched alkanes of at least 4 members (excludes halogenated alkanes) is 7. The molecular weight excluding hydrogens is 369 g/mol. The fourth-order valence-electron chi connectivity index (χ4n) is 2.57. The molecule has 0 rings (SSSR count). The van der Waals surface area contributed by atoms with Crippen LogP contribution >= 0.6 is 0 Å². The molecule has 2 atom stereocenters. The van der Waals surface area contributed by atoms with Crippen molar-refractivity contribution < 1.29 is 56.2 Å². The van der Waals surface area contributed by atoms with Crippen LogP contribution in [0.2, 0.25) is 0 Å². The molecule has 0 aromatic heterocycles. The summed E-state index contributed by atoms with van der Waals surface area (Å²) in [5.41, 5.74) is 5.43. The fourth-order valence-corrected chi connectivity index (χ4v) is 3.06. The molecule has 0 aliphatic carbocycles. The summed E-state index contributed by atoms with van der Waals surface area (Å²) in [6.07, 6.45) is 8.22. The number of ether oxygens (including phenoxy) is 2. The summed E-state index contributed by atoms with van der Waals surface area (Å²) in [7, 11) is -4.81. The number of nitrogens with two attached hydrogens (primary N) is 1. The van der Waals surface area contributed by atoms with E-state index in [0.29, 0.717) is 32.6 Å². The molecule has 2 unspecified atom stereocenters. The van der Waals surface area contributed by atoms with Crippen LogP contribution in [0.25, 0.3) is 0 Å². The molecule has 0 bridgehead atoms. The van der Waals surface area contributed by atoms with E-state index < -0.39 is 22.8 Å². The minimum absolute atomic E-state index is 0. The minimum Gasteiger partial charge on any atom is -0.726 e. The van der Waals surface area contributed by atoms with E-state index in [9.17, 15) is 13.0 Å². The molecule has 7 nitrogen and oxygen atoms in total. The Morgan fingerprint density at radius 2 is 1.50 bits per heavy atom. The van der Waals surface area contributed by atoms with E-state index in [0.717, 1.165) is 19.3 Å². The second-order valence-electron chi connectivity index (χ2n) is 6.14. The Morgan fingerprint density at radius 1 is 0.923 bits per heavy atom. The fraction of sp³-hybridized carbons (Fsp3) is 1.00. The third-order valence-corrected chi connectivity index (χ3v) is 4.33. The Hall–Kier alpha value is 0.750. The Labute approximate surface area is 182 Å². The van der Waals surface area contributed by atoms with Gasteiger partial charge >= 0.3 is 29.6 Å². The van der Waals surface area contributed by atoms with Crippen LogP contribution in [0, 0.1) is 0 Å². The Kier molecular flexibility index (Phi) is 21.3. The van der Waals surface area contributed by atoms with Gasteiger partial charge in [-0.25, -0.2) is 8.42 Å². The Bertz CT molecular complexity index is 397. The molecule has 0 radical (unpaired) electrons. The first kappa shape index (κ1) is 29.0. The van der Waals surface area contributed by atoms with Crippen molar-refractivity contribution >= 4 is 10.4 Å². The minimum atomic E-state index is -4.81. The van der Waals surface area contributed by atoms with Crippen LogP contribution in [0.15, 0.2) is 0 Å². The molecule has 0 fully saturated rings. The van der Waals surface area contributed by atoms with E-state index in [1.165, 1.54) is 32.1 Å². The van der Waals surface area contributed by atoms with Crippen molar-refractivity contribution in [3.05, 3.63) is 0 Å². The van der Waals surface area contributed by atoms with Crippen molar-refractivity contribution in [2.75, 3.05) is 19.8 Å². The van der Waals surface area contributed by atoms with Crippen molar-refractivity contribution in [3.8, 4) is 0 Å². The van der Waals surface area contributed by atoms with E-state index in [1.54, 1.807) is 6.92 Å². The van der Waals surface area contributed by atoms with Gasteiger partial charge in [0, 0.05) is 6.61 Å². The number of rotatable bonds is 18. The monoisotopic (exact) mass is 405 g/mol. The summed E-state index contributed by atoms with van der Waals surface area (Å²) < 4.78 is 48.6. The van der Waals surface area contributed by atoms with Crippen LogP contribution in [0.1, 0.15) is 78.1 Å². The van der Waals surface area contributed by atoms with Crippen molar-refractivity contribution in [1.82, 2.24) is 0 Å². The summed E-state index contributed by atoms with van der Waals surface area (Å²) in [5, 5.41) is 0. The van der Waals surface area contributed by atoms with Crippen molar-refractivity contribution in [1.29, 1.82) is 0 Å². The molecule has 0 aromatic rings. The van der Waals surface area contributed by atoms with Gasteiger partial charge in [0.2, 0.25) is 10.4 Å². The zero-order valence-corrected chi connectivity index (χ0v) is 19.6. The van der Waals surface area contributed by atoms with Gasteiger partial charge in [-0.3, -0.25) is 4.18 Å². The molecule has 9 heteroatoms. The van der Waals surface area contributed by atoms with E-state index in [-0.39, 0.29) is 29.6 Å². The summed E-state index contributed by atoms with van der Waals surface area (Å²) >= 11 is 0. The maximum atomic E-state index is 11.0. The summed E-state index contributed by atoms with van der Waals surface area (Å²) in [4.78, 5) is 0. The zero-order chi connectivity index (χ0) is 19.0. The number of hydrogen-bond acceptors (Lipinski definition) is 7. The molecule has 0 aromatic carbocycles. The van der Waals surface area contributed by atoms with Crippen molar-refractivity contribution in [2.45, 2.75) is 90.4 Å². The normalized spacial score (nSPS) is 14.0. The van der Waals surface area contributed by atoms with Gasteiger partial charge in [-0.1, -0.05) is 58.3 Å². The first-order valence-corrected chi connectivity index (χ1v) is 10.8. The molecule has 26 heavy (non-hydrogen) atoms. The third kappa shape index (κ3) is 18.1. The molecule has 0 saturated carbocycles. The van der Waals surface area contributed by atoms with Crippen LogP contribution in [-0.2, 0) is 24.1 Å². The molecule has 2 N–H and O–H groups in total. The molecule has 0 aliphatic rings. The summed E-state index contributed by atoms with van der Waals surface area (Å²) in [5.74, 6) is 0. The van der Waals surface area contributed by atoms with Gasteiger partial charge in [-0.15, -0.1) is 0 Å². The number of hydrogen-bond donors (Lipinski definition) is 1. The predicted molar refractivity (Wildman–Crippen MR) is 96.8 cm³/mol. The van der Waals surface area contributed by atoms with Crippen molar-refractivity contribution in [3.63, 3.8) is 0 Å². The molecule has 0 spiro atoms. The third-order valence-electron chi connectivity index (χ3n) is 3.85. The smallest absolute Gasteiger partial charge is 0.726 e. The van der Waals surface area contributed by atoms with Gasteiger partial charge in [0.1, 0.15) is 6.10 Å². The van der Waals surface area contributed by atoms with Gasteiger partial charge in [0.25, 0.3) is 0 Å². The molecule has 0 amide bonds. The molecule has 152 valence electrons. The predicted octanol–water partition coefficient (Wildman–Crippen LogP) is 0.0946. The van der Waals surface area contributed by atoms with Gasteiger partial charge < -0.3 is 19.8 Å². The molecule has 0 aliphatic heterocycles. The van der Waals surface area contributed by atoms with E-state index in [2.05, 4.69) is 11.1 Å². The van der Waals surface area contributed by atoms with E-state index in [4.69, 9.17) is 15.2 Å². The van der Waals surface area contributed by atoms with Crippen LogP contribution in [0.5, 0.6) is 0 Å². The molecule has 0 saturated heterocycles. The summed E-state index contributed by atoms with van der Waals surface area (Å²) in [6.45, 7) is 5.09. The first-order valence-electron chi connectivity index (χ1n) is 9.52. The maximum Gasteiger partial charge on any atom is 1.00 e. The quantitative estimate of drug-likeness (QED) is 0.113. The Balaban J connectivity index is 0. The molecule has 0 heterocycles. The van der Waals surface area contributed by atoms with Crippen LogP contribution in [0.3, 0.4) is 0 Å². The van der Waals surface area contributed by atoms with E-state index >= 15 is 0 Å². The SMILES string of the molecule is CCCCCCCCCCC(OS(=O)(=O)[O-])C(OCC)OCCCN.[Na+].